The van der Waals surface area contributed by atoms with E-state index < -0.39 is 0 Å². The Morgan fingerprint density at radius 2 is 1.88 bits per heavy atom. The second-order valence-corrected chi connectivity index (χ2v) is 2.80. The van der Waals surface area contributed by atoms with Crippen molar-refractivity contribution >= 4 is 15.2 Å². The summed E-state index contributed by atoms with van der Waals surface area (Å²) in [7, 11) is 2.60. The van der Waals surface area contributed by atoms with Crippen molar-refractivity contribution in [1.82, 2.24) is 4.67 Å². The molecule has 1 saturated heterocycles. The highest BCUT2D eigenvalue weighted by Crippen LogP contribution is 2.08. The van der Waals surface area contributed by atoms with Crippen LogP contribution in [0, 0.1) is 0 Å². The number of carbonyl (C=O) groups excluding carboxylic acids is 1. The van der Waals surface area contributed by atoms with Crippen molar-refractivity contribution in [3.05, 3.63) is 0 Å². The van der Waals surface area contributed by atoms with Gasteiger partial charge in [-0.3, -0.25) is 9.46 Å². The molecule has 1 aliphatic rings. The molecule has 1 heterocycles. The maximum atomic E-state index is 10.6. The highest BCUT2D eigenvalue weighted by molar-refractivity contribution is 7.13. The van der Waals surface area contributed by atoms with E-state index in [1.54, 1.807) is 0 Å². The van der Waals surface area contributed by atoms with Gasteiger partial charge in [-0.25, -0.2) is 0 Å². The number of rotatable bonds is 0. The number of piperidine rings is 1. The highest BCUT2D eigenvalue weighted by Gasteiger charge is 2.11. The Hall–Kier alpha value is 0.0600. The molecular formula is C5H10NOP. The molecule has 0 bridgehead atoms. The molecule has 0 N–H and O–H groups in total. The Bertz CT molecular complexity index is 94.6. The second-order valence-electron chi connectivity index (χ2n) is 2.07. The normalized spacial score (nSPS) is 23.9. The summed E-state index contributed by atoms with van der Waals surface area (Å²) < 4.78 is 2.10. The summed E-state index contributed by atoms with van der Waals surface area (Å²) in [6, 6.07) is 0. The lowest BCUT2D eigenvalue weighted by atomic mass is 10.1. The van der Waals surface area contributed by atoms with Crippen molar-refractivity contribution in [2.45, 2.75) is 12.8 Å². The minimum Gasteiger partial charge on any atom is -0.300 e. The SMILES string of the molecule is O=C1CCN(P)CC1. The number of carbonyl (C=O) groups is 1. The van der Waals surface area contributed by atoms with Gasteiger partial charge in [-0.05, 0) is 0 Å². The molecule has 1 atom stereocenters. The molecule has 1 rings (SSSR count). The molecule has 8 heavy (non-hydrogen) atoms. The van der Waals surface area contributed by atoms with Gasteiger partial charge in [0.05, 0.1) is 0 Å². The first-order chi connectivity index (χ1) is 3.79. The molecule has 1 aliphatic heterocycles. The lowest BCUT2D eigenvalue weighted by Crippen LogP contribution is -2.25. The summed E-state index contributed by atoms with van der Waals surface area (Å²) in [5.74, 6) is 0.406. The van der Waals surface area contributed by atoms with Gasteiger partial charge in [-0.1, -0.05) is 9.39 Å². The summed E-state index contributed by atoms with van der Waals surface area (Å²) in [4.78, 5) is 10.6. The lowest BCUT2D eigenvalue weighted by molar-refractivity contribution is -0.120. The van der Waals surface area contributed by atoms with Crippen LogP contribution in [0.4, 0.5) is 0 Å². The van der Waals surface area contributed by atoms with E-state index in [1.807, 2.05) is 0 Å². The third-order valence-corrected chi connectivity index (χ3v) is 1.87. The number of ketones is 1. The molecule has 46 valence electrons. The van der Waals surface area contributed by atoms with E-state index in [1.165, 1.54) is 0 Å². The van der Waals surface area contributed by atoms with Crippen LogP contribution in [0.25, 0.3) is 0 Å². The summed E-state index contributed by atoms with van der Waals surface area (Å²) in [5, 5.41) is 0. The quantitative estimate of drug-likeness (QED) is 0.444. The Labute approximate surface area is 51.5 Å². The Morgan fingerprint density at radius 3 is 2.25 bits per heavy atom. The minimum absolute atomic E-state index is 0.406. The van der Waals surface area contributed by atoms with Gasteiger partial charge < -0.3 is 0 Å². The molecule has 0 radical (unpaired) electrons. The van der Waals surface area contributed by atoms with E-state index in [2.05, 4.69) is 14.1 Å². The fourth-order valence-corrected chi connectivity index (χ4v) is 1.03. The maximum absolute atomic E-state index is 10.6. The highest BCUT2D eigenvalue weighted by atomic mass is 31.0. The van der Waals surface area contributed by atoms with Crippen LogP contribution in [0.2, 0.25) is 0 Å². The molecule has 2 nitrogen and oxygen atoms in total. The Balaban J connectivity index is 2.29. The molecule has 0 aromatic carbocycles. The molecule has 3 heteroatoms. The van der Waals surface area contributed by atoms with E-state index in [9.17, 15) is 4.79 Å². The third kappa shape index (κ3) is 1.53. The molecule has 0 spiro atoms. The monoisotopic (exact) mass is 131 g/mol. The fraction of sp³-hybridized carbons (Fsp3) is 0.800. The van der Waals surface area contributed by atoms with Crippen LogP contribution >= 0.6 is 9.39 Å². The molecule has 0 aromatic heterocycles. The molecule has 0 amide bonds. The lowest BCUT2D eigenvalue weighted by Gasteiger charge is -2.19. The fourth-order valence-electron chi connectivity index (χ4n) is 0.773. The van der Waals surface area contributed by atoms with Crippen molar-refractivity contribution in [3.8, 4) is 0 Å². The zero-order valence-electron chi connectivity index (χ0n) is 4.76. The summed E-state index contributed by atoms with van der Waals surface area (Å²) in [6.45, 7) is 1.84. The van der Waals surface area contributed by atoms with Gasteiger partial charge in [0, 0.05) is 25.9 Å². The van der Waals surface area contributed by atoms with Crippen LogP contribution in [0.15, 0.2) is 0 Å². The van der Waals surface area contributed by atoms with E-state index in [4.69, 9.17) is 0 Å². The van der Waals surface area contributed by atoms with Crippen LogP contribution in [-0.2, 0) is 4.79 Å². The topological polar surface area (TPSA) is 20.3 Å². The van der Waals surface area contributed by atoms with Crippen LogP contribution in [0.3, 0.4) is 0 Å². The average Bonchev–Trinajstić information content (AvgIpc) is 1.77. The molecule has 1 fully saturated rings. The van der Waals surface area contributed by atoms with Gasteiger partial charge in [-0.15, -0.1) is 0 Å². The number of Topliss-reactive ketones (excluding diaryl/α,β-unsaturated/α-hetero) is 1. The zero-order valence-corrected chi connectivity index (χ0v) is 5.92. The number of hydrogen-bond donors (Lipinski definition) is 0. The van der Waals surface area contributed by atoms with Crippen LogP contribution in [-0.4, -0.2) is 23.5 Å². The first-order valence-electron chi connectivity index (χ1n) is 2.80. The van der Waals surface area contributed by atoms with E-state index in [0.717, 1.165) is 25.9 Å². The molecule has 0 aliphatic carbocycles. The molecule has 0 aromatic rings. The average molecular weight is 131 g/mol. The molecule has 0 saturated carbocycles. The van der Waals surface area contributed by atoms with Gasteiger partial charge in [0.15, 0.2) is 0 Å². The molecular weight excluding hydrogens is 121 g/mol. The predicted octanol–water partition coefficient (Wildman–Crippen LogP) is 0.441. The van der Waals surface area contributed by atoms with Gasteiger partial charge in [-0.2, -0.15) is 0 Å². The predicted molar refractivity (Wildman–Crippen MR) is 35.5 cm³/mol. The van der Waals surface area contributed by atoms with Gasteiger partial charge in [0.25, 0.3) is 0 Å². The van der Waals surface area contributed by atoms with Crippen LogP contribution < -0.4 is 0 Å². The van der Waals surface area contributed by atoms with Crippen LogP contribution in [0.5, 0.6) is 0 Å². The smallest absolute Gasteiger partial charge is 0.135 e. The van der Waals surface area contributed by atoms with Gasteiger partial charge >= 0.3 is 0 Å². The number of hydrogen-bond acceptors (Lipinski definition) is 2. The largest absolute Gasteiger partial charge is 0.300 e. The van der Waals surface area contributed by atoms with E-state index >= 15 is 0 Å². The van der Waals surface area contributed by atoms with Crippen molar-refractivity contribution in [3.63, 3.8) is 0 Å². The zero-order chi connectivity index (χ0) is 5.98. The summed E-state index contributed by atoms with van der Waals surface area (Å²) in [5.41, 5.74) is 0. The van der Waals surface area contributed by atoms with E-state index in [0.29, 0.717) is 5.78 Å². The van der Waals surface area contributed by atoms with Crippen LogP contribution in [0.1, 0.15) is 12.8 Å². The maximum Gasteiger partial charge on any atom is 0.135 e. The van der Waals surface area contributed by atoms with Crippen molar-refractivity contribution in [2.24, 2.45) is 0 Å². The Kier molecular flexibility index (Phi) is 1.98. The van der Waals surface area contributed by atoms with Crippen molar-refractivity contribution < 1.29 is 4.79 Å². The van der Waals surface area contributed by atoms with Crippen molar-refractivity contribution in [2.75, 3.05) is 13.1 Å². The van der Waals surface area contributed by atoms with E-state index in [-0.39, 0.29) is 0 Å². The molecule has 1 unspecified atom stereocenters. The Morgan fingerprint density at radius 1 is 1.38 bits per heavy atom. The second kappa shape index (κ2) is 2.56. The standard InChI is InChI=1S/C5H10NOP/c7-5-1-3-6(8)4-2-5/h1-4,8H2. The third-order valence-electron chi connectivity index (χ3n) is 1.36. The van der Waals surface area contributed by atoms with Gasteiger partial charge in [0.2, 0.25) is 0 Å². The van der Waals surface area contributed by atoms with Gasteiger partial charge in [0.1, 0.15) is 5.78 Å². The first-order valence-corrected chi connectivity index (χ1v) is 3.32. The summed E-state index contributed by atoms with van der Waals surface area (Å²) in [6.07, 6.45) is 1.48. The first kappa shape index (κ1) is 6.18. The summed E-state index contributed by atoms with van der Waals surface area (Å²) >= 11 is 0. The number of nitrogens with zero attached hydrogens (tertiary/aromatic N) is 1. The van der Waals surface area contributed by atoms with Crippen molar-refractivity contribution in [1.29, 1.82) is 0 Å². The minimum atomic E-state index is 0.406.